The fraction of sp³-hybridized carbons (Fsp3) is 0.516. The molecular weight excluding hydrogens is 558 g/mol. The van der Waals surface area contributed by atoms with Gasteiger partial charge in [-0.2, -0.15) is 0 Å². The van der Waals surface area contributed by atoms with E-state index in [2.05, 4.69) is 10.6 Å². The largest absolute Gasteiger partial charge is 0.497 e. The molecule has 3 amide bonds. The molecule has 0 aromatic heterocycles. The van der Waals surface area contributed by atoms with Crippen molar-refractivity contribution in [2.45, 2.75) is 83.2 Å². The number of carbonyl (C=O) groups excluding carboxylic acids is 3. The molecule has 6 atom stereocenters. The van der Waals surface area contributed by atoms with Crippen molar-refractivity contribution in [1.82, 2.24) is 10.6 Å². The number of fused-ring (bicyclic) bond motifs is 1. The Bertz CT molecular complexity index is 1260. The van der Waals surface area contributed by atoms with Crippen LogP contribution in [0.25, 0.3) is 0 Å². The van der Waals surface area contributed by atoms with Crippen LogP contribution in [0.3, 0.4) is 0 Å². The second kappa shape index (κ2) is 13.7. The number of hydrogen-bond acceptors (Lipinski definition) is 9. The third-order valence-corrected chi connectivity index (χ3v) is 7.31. The molecule has 2 heterocycles. The van der Waals surface area contributed by atoms with Crippen LogP contribution < -0.4 is 25.8 Å². The number of carbonyl (C=O) groups is 3. The van der Waals surface area contributed by atoms with Gasteiger partial charge in [0, 0.05) is 18.1 Å². The van der Waals surface area contributed by atoms with Crippen molar-refractivity contribution in [3.63, 3.8) is 0 Å². The molecule has 2 fully saturated rings. The topological polar surface area (TPSA) is 157 Å². The number of benzene rings is 2. The lowest BCUT2D eigenvalue weighted by Gasteiger charge is -2.32. The highest BCUT2D eigenvalue weighted by Gasteiger charge is 2.57. The minimum atomic E-state index is -0.962. The van der Waals surface area contributed by atoms with Crippen molar-refractivity contribution in [3.8, 4) is 11.5 Å². The molecule has 0 bridgehead atoms. The van der Waals surface area contributed by atoms with Crippen LogP contribution in [0.1, 0.15) is 50.0 Å². The predicted molar refractivity (Wildman–Crippen MR) is 155 cm³/mol. The zero-order chi connectivity index (χ0) is 31.3. The predicted octanol–water partition coefficient (Wildman–Crippen LogP) is 2.28. The van der Waals surface area contributed by atoms with Crippen LogP contribution in [0, 0.1) is 5.92 Å². The van der Waals surface area contributed by atoms with E-state index in [1.807, 2.05) is 30.3 Å². The van der Waals surface area contributed by atoms with E-state index >= 15 is 0 Å². The minimum absolute atomic E-state index is 0.240. The molecule has 12 nitrogen and oxygen atoms in total. The number of nitrogens with two attached hydrogens (primary N) is 1. The molecule has 2 aromatic rings. The van der Waals surface area contributed by atoms with E-state index in [9.17, 15) is 14.4 Å². The molecule has 43 heavy (non-hydrogen) atoms. The van der Waals surface area contributed by atoms with Crippen LogP contribution in [-0.2, 0) is 35.1 Å². The van der Waals surface area contributed by atoms with Crippen molar-refractivity contribution >= 4 is 17.7 Å². The molecule has 234 valence electrons. The average Bonchev–Trinajstić information content (AvgIpc) is 3.45. The SMILES string of the molecule is COc1cc(OC)cc(C(=O)N[C@H](C(=O)N[C@H](CC(N)=O)[C@H]2O[C@@H]3OC(C)(C)O[C@@H]3[C@H]2OCc2ccccc2)C(C)C)c1. The quantitative estimate of drug-likeness (QED) is 0.314. The van der Waals surface area contributed by atoms with Crippen molar-refractivity contribution in [1.29, 1.82) is 0 Å². The van der Waals surface area contributed by atoms with Crippen LogP contribution in [0.5, 0.6) is 11.5 Å². The van der Waals surface area contributed by atoms with Gasteiger partial charge in [-0.3, -0.25) is 14.4 Å². The molecule has 2 aliphatic heterocycles. The zero-order valence-corrected chi connectivity index (χ0v) is 25.3. The summed E-state index contributed by atoms with van der Waals surface area (Å²) in [6.45, 7) is 7.38. The normalized spacial score (nSPS) is 23.7. The van der Waals surface area contributed by atoms with Crippen molar-refractivity contribution in [3.05, 3.63) is 59.7 Å². The van der Waals surface area contributed by atoms with Crippen molar-refractivity contribution in [2.24, 2.45) is 11.7 Å². The number of methoxy groups -OCH3 is 2. The molecule has 0 spiro atoms. The second-order valence-corrected chi connectivity index (χ2v) is 11.4. The highest BCUT2D eigenvalue weighted by molar-refractivity contribution is 5.98. The fourth-order valence-corrected chi connectivity index (χ4v) is 5.22. The number of hydrogen-bond donors (Lipinski definition) is 3. The smallest absolute Gasteiger partial charge is 0.252 e. The monoisotopic (exact) mass is 599 g/mol. The summed E-state index contributed by atoms with van der Waals surface area (Å²) in [6, 6.07) is 12.4. The van der Waals surface area contributed by atoms with Crippen molar-refractivity contribution < 1.29 is 42.8 Å². The molecule has 2 aliphatic rings. The molecule has 4 rings (SSSR count). The highest BCUT2D eigenvalue weighted by Crippen LogP contribution is 2.40. The van der Waals surface area contributed by atoms with Gasteiger partial charge in [0.25, 0.3) is 5.91 Å². The Kier molecular flexibility index (Phi) is 10.3. The highest BCUT2D eigenvalue weighted by atomic mass is 16.8. The first-order chi connectivity index (χ1) is 20.4. The maximum absolute atomic E-state index is 13.7. The summed E-state index contributed by atoms with van der Waals surface area (Å²) in [5.41, 5.74) is 6.79. The van der Waals surface area contributed by atoms with Gasteiger partial charge in [0.1, 0.15) is 35.9 Å². The van der Waals surface area contributed by atoms with Gasteiger partial charge in [-0.1, -0.05) is 44.2 Å². The van der Waals surface area contributed by atoms with Gasteiger partial charge in [0.05, 0.1) is 26.9 Å². The molecule has 12 heteroatoms. The molecule has 2 aromatic carbocycles. The van der Waals surface area contributed by atoms with E-state index < -0.39 is 60.2 Å². The molecule has 0 unspecified atom stereocenters. The van der Waals surface area contributed by atoms with E-state index in [0.717, 1.165) is 5.56 Å². The molecule has 2 saturated heterocycles. The molecule has 0 aliphatic carbocycles. The summed E-state index contributed by atoms with van der Waals surface area (Å²) in [5.74, 6) is -2.04. The van der Waals surface area contributed by atoms with E-state index in [0.29, 0.717) is 11.5 Å². The maximum Gasteiger partial charge on any atom is 0.252 e. The number of primary amides is 1. The Morgan fingerprint density at radius 2 is 1.63 bits per heavy atom. The first-order valence-electron chi connectivity index (χ1n) is 14.2. The third-order valence-electron chi connectivity index (χ3n) is 7.31. The van der Waals surface area contributed by atoms with Crippen LogP contribution in [0.15, 0.2) is 48.5 Å². The first kappa shape index (κ1) is 32.2. The van der Waals surface area contributed by atoms with Crippen LogP contribution >= 0.6 is 0 Å². The lowest BCUT2D eigenvalue weighted by atomic mass is 9.97. The standard InChI is InChI=1S/C31H41N3O9/c1-17(2)24(34-28(36)19-12-20(38-5)14-21(13-19)39-6)29(37)33-22(15-23(32)35)25-26(40-16-18-10-8-7-9-11-18)27-30(41-25)43-31(3,4)42-27/h7-14,17,22,24-27,30H,15-16H2,1-6H3,(H2,32,35)(H,33,37)(H,34,36)/t22-,24+,25-,26+,27-,30-/m1/s1. The summed E-state index contributed by atoms with van der Waals surface area (Å²) in [4.78, 5) is 39.1. The maximum atomic E-state index is 13.7. The number of ether oxygens (including phenoxy) is 6. The lowest BCUT2D eigenvalue weighted by molar-refractivity contribution is -0.222. The van der Waals surface area contributed by atoms with E-state index in [4.69, 9.17) is 34.2 Å². The Hall–Kier alpha value is -3.71. The lowest BCUT2D eigenvalue weighted by Crippen LogP contribution is -2.57. The first-order valence-corrected chi connectivity index (χ1v) is 14.2. The van der Waals surface area contributed by atoms with Crippen LogP contribution in [0.2, 0.25) is 0 Å². The van der Waals surface area contributed by atoms with E-state index in [1.165, 1.54) is 14.2 Å². The van der Waals surface area contributed by atoms with Gasteiger partial charge in [-0.05, 0) is 37.5 Å². The number of rotatable bonds is 13. The summed E-state index contributed by atoms with van der Waals surface area (Å²) >= 11 is 0. The summed E-state index contributed by atoms with van der Waals surface area (Å²) < 4.78 is 35.1. The second-order valence-electron chi connectivity index (χ2n) is 11.4. The van der Waals surface area contributed by atoms with Gasteiger partial charge in [-0.25, -0.2) is 0 Å². The zero-order valence-electron chi connectivity index (χ0n) is 25.3. The van der Waals surface area contributed by atoms with Crippen molar-refractivity contribution in [2.75, 3.05) is 14.2 Å². The summed E-state index contributed by atoms with van der Waals surface area (Å²) in [6.07, 6.45) is -3.17. The Morgan fingerprint density at radius 3 is 2.21 bits per heavy atom. The number of nitrogens with one attached hydrogen (secondary N) is 2. The van der Waals surface area contributed by atoms with Gasteiger partial charge in [-0.15, -0.1) is 0 Å². The minimum Gasteiger partial charge on any atom is -0.497 e. The van der Waals surface area contributed by atoms with E-state index in [-0.39, 0.29) is 24.5 Å². The third kappa shape index (κ3) is 8.02. The van der Waals surface area contributed by atoms with Gasteiger partial charge >= 0.3 is 0 Å². The summed E-state index contributed by atoms with van der Waals surface area (Å²) in [7, 11) is 2.96. The summed E-state index contributed by atoms with van der Waals surface area (Å²) in [5, 5.41) is 5.69. The Balaban J connectivity index is 1.54. The fourth-order valence-electron chi connectivity index (χ4n) is 5.22. The Morgan fingerprint density at radius 1 is 0.977 bits per heavy atom. The molecule has 4 N–H and O–H groups in total. The van der Waals surface area contributed by atoms with Gasteiger partial charge in [0.2, 0.25) is 11.8 Å². The molecule has 0 radical (unpaired) electrons. The Labute approximate surface area is 251 Å². The van der Waals surface area contributed by atoms with E-state index in [1.54, 1.807) is 45.9 Å². The average molecular weight is 600 g/mol. The van der Waals surface area contributed by atoms with Crippen LogP contribution in [0.4, 0.5) is 0 Å². The van der Waals surface area contributed by atoms with Gasteiger partial charge in [0.15, 0.2) is 12.1 Å². The molecular formula is C31H41N3O9. The van der Waals surface area contributed by atoms with Gasteiger partial charge < -0.3 is 44.8 Å². The number of amides is 3. The molecule has 0 saturated carbocycles. The van der Waals surface area contributed by atoms with Crippen LogP contribution in [-0.4, -0.2) is 74.4 Å².